The van der Waals surface area contributed by atoms with E-state index in [1.165, 1.54) is 6.21 Å². The Kier molecular flexibility index (Phi) is 6.53. The molecule has 0 fully saturated rings. The summed E-state index contributed by atoms with van der Waals surface area (Å²) in [5, 5.41) is 7.29. The SMILES string of the molecule is CCOc1cc(C=NN=C(N)N)cc(Br)c1OC(=O)c1ccccc1. The number of esters is 1. The van der Waals surface area contributed by atoms with Gasteiger partial charge in [-0.3, -0.25) is 0 Å². The zero-order valence-electron chi connectivity index (χ0n) is 13.5. The summed E-state index contributed by atoms with van der Waals surface area (Å²) in [6.07, 6.45) is 1.45. The van der Waals surface area contributed by atoms with Gasteiger partial charge in [0.2, 0.25) is 5.96 Å². The average Bonchev–Trinajstić information content (AvgIpc) is 2.58. The molecule has 0 radical (unpaired) electrons. The maximum absolute atomic E-state index is 12.3. The molecule has 8 heteroatoms. The lowest BCUT2D eigenvalue weighted by molar-refractivity contribution is 0.0727. The summed E-state index contributed by atoms with van der Waals surface area (Å²) in [7, 11) is 0. The van der Waals surface area contributed by atoms with Crippen LogP contribution < -0.4 is 20.9 Å². The predicted octanol–water partition coefficient (Wildman–Crippen LogP) is 2.67. The van der Waals surface area contributed by atoms with Gasteiger partial charge in [0, 0.05) is 0 Å². The van der Waals surface area contributed by atoms with Crippen molar-refractivity contribution in [1.29, 1.82) is 0 Å². The van der Waals surface area contributed by atoms with Gasteiger partial charge in [-0.25, -0.2) is 4.79 Å². The molecule has 0 amide bonds. The fourth-order valence-electron chi connectivity index (χ4n) is 1.91. The van der Waals surface area contributed by atoms with Gasteiger partial charge >= 0.3 is 5.97 Å². The summed E-state index contributed by atoms with van der Waals surface area (Å²) < 4.78 is 11.6. The molecule has 2 aromatic rings. The van der Waals surface area contributed by atoms with Crippen LogP contribution in [0.3, 0.4) is 0 Å². The maximum Gasteiger partial charge on any atom is 0.343 e. The first-order valence-corrected chi connectivity index (χ1v) is 8.16. The number of benzene rings is 2. The Morgan fingerprint density at radius 2 is 1.96 bits per heavy atom. The first-order valence-electron chi connectivity index (χ1n) is 7.36. The molecular formula is C17H17BrN4O3. The van der Waals surface area contributed by atoms with Crippen LogP contribution >= 0.6 is 15.9 Å². The normalized spacial score (nSPS) is 10.5. The van der Waals surface area contributed by atoms with Crippen molar-refractivity contribution in [2.24, 2.45) is 21.7 Å². The largest absolute Gasteiger partial charge is 0.490 e. The predicted molar refractivity (Wildman–Crippen MR) is 100 cm³/mol. The van der Waals surface area contributed by atoms with Crippen molar-refractivity contribution in [2.45, 2.75) is 6.92 Å². The van der Waals surface area contributed by atoms with Gasteiger partial charge in [0.25, 0.3) is 0 Å². The minimum Gasteiger partial charge on any atom is -0.490 e. The molecule has 0 heterocycles. The summed E-state index contributed by atoms with van der Waals surface area (Å²) >= 11 is 3.39. The first kappa shape index (κ1) is 18.5. The van der Waals surface area contributed by atoms with Crippen LogP contribution in [0, 0.1) is 0 Å². The van der Waals surface area contributed by atoms with Crippen molar-refractivity contribution in [3.63, 3.8) is 0 Å². The lowest BCUT2D eigenvalue weighted by Crippen LogP contribution is -2.21. The van der Waals surface area contributed by atoms with E-state index in [1.54, 1.807) is 36.4 Å². The molecule has 7 nitrogen and oxygen atoms in total. The number of carbonyl (C=O) groups is 1. The van der Waals surface area contributed by atoms with E-state index in [4.69, 9.17) is 20.9 Å². The highest BCUT2D eigenvalue weighted by atomic mass is 79.9. The third-order valence-corrected chi connectivity index (χ3v) is 3.50. The minimum atomic E-state index is -0.482. The summed E-state index contributed by atoms with van der Waals surface area (Å²) in [4.78, 5) is 12.3. The maximum atomic E-state index is 12.3. The van der Waals surface area contributed by atoms with Crippen LogP contribution in [0.15, 0.2) is 57.1 Å². The van der Waals surface area contributed by atoms with Crippen LogP contribution in [0.2, 0.25) is 0 Å². The molecule has 0 aliphatic heterocycles. The molecule has 0 unspecified atom stereocenters. The molecule has 0 aliphatic rings. The molecular weight excluding hydrogens is 388 g/mol. The second-order valence-electron chi connectivity index (χ2n) is 4.79. The van der Waals surface area contributed by atoms with Crippen molar-refractivity contribution in [3.05, 3.63) is 58.1 Å². The standard InChI is InChI=1S/C17H17BrN4O3/c1-2-24-14-9-11(10-21-22-17(19)20)8-13(18)15(14)25-16(23)12-6-4-3-5-7-12/h3-10H,2H2,1H3,(H4,19,20,22). The summed E-state index contributed by atoms with van der Waals surface area (Å²) in [6, 6.07) is 12.1. The fourth-order valence-corrected chi connectivity index (χ4v) is 2.45. The van der Waals surface area contributed by atoms with E-state index in [0.29, 0.717) is 28.0 Å². The molecule has 0 aliphatic carbocycles. The lowest BCUT2D eigenvalue weighted by atomic mass is 10.2. The number of hydrogen-bond donors (Lipinski definition) is 2. The van der Waals surface area contributed by atoms with E-state index >= 15 is 0 Å². The van der Waals surface area contributed by atoms with E-state index in [2.05, 4.69) is 26.1 Å². The molecule has 0 saturated carbocycles. The second-order valence-corrected chi connectivity index (χ2v) is 5.64. The molecule has 25 heavy (non-hydrogen) atoms. The van der Waals surface area contributed by atoms with Gasteiger partial charge in [-0.15, -0.1) is 5.10 Å². The van der Waals surface area contributed by atoms with Gasteiger partial charge in [-0.2, -0.15) is 5.10 Å². The molecule has 0 spiro atoms. The number of rotatable bonds is 6. The Bertz CT molecular complexity index is 803. The lowest BCUT2D eigenvalue weighted by Gasteiger charge is -2.13. The Morgan fingerprint density at radius 1 is 1.24 bits per heavy atom. The van der Waals surface area contributed by atoms with Gasteiger partial charge < -0.3 is 20.9 Å². The Balaban J connectivity index is 2.32. The second kappa shape index (κ2) is 8.84. The van der Waals surface area contributed by atoms with Crippen molar-refractivity contribution in [1.82, 2.24) is 0 Å². The van der Waals surface area contributed by atoms with E-state index < -0.39 is 5.97 Å². The quantitative estimate of drug-likeness (QED) is 0.252. The topological polar surface area (TPSA) is 112 Å². The van der Waals surface area contributed by atoms with Gasteiger partial charge in [0.15, 0.2) is 11.5 Å². The monoisotopic (exact) mass is 404 g/mol. The molecule has 130 valence electrons. The summed E-state index contributed by atoms with van der Waals surface area (Å²) in [5.41, 5.74) is 11.5. The molecule has 0 aromatic heterocycles. The zero-order valence-corrected chi connectivity index (χ0v) is 15.1. The summed E-state index contributed by atoms with van der Waals surface area (Å²) in [6.45, 7) is 2.23. The Labute approximate surface area is 153 Å². The molecule has 2 aromatic carbocycles. The van der Waals surface area contributed by atoms with Crippen LogP contribution in [0.5, 0.6) is 11.5 Å². The van der Waals surface area contributed by atoms with E-state index in [-0.39, 0.29) is 11.7 Å². The molecule has 0 bridgehead atoms. The van der Waals surface area contributed by atoms with Crippen LogP contribution in [0.4, 0.5) is 0 Å². The summed E-state index contributed by atoms with van der Waals surface area (Å²) in [5.74, 6) is 0.0555. The smallest absolute Gasteiger partial charge is 0.343 e. The van der Waals surface area contributed by atoms with Crippen molar-refractivity contribution >= 4 is 34.1 Å². The van der Waals surface area contributed by atoms with Crippen LogP contribution in [-0.2, 0) is 0 Å². The number of hydrogen-bond acceptors (Lipinski definition) is 5. The highest BCUT2D eigenvalue weighted by molar-refractivity contribution is 9.10. The van der Waals surface area contributed by atoms with Crippen LogP contribution in [0.1, 0.15) is 22.8 Å². The van der Waals surface area contributed by atoms with Crippen molar-refractivity contribution in [3.8, 4) is 11.5 Å². The fraction of sp³-hybridized carbons (Fsp3) is 0.118. The number of carbonyl (C=O) groups excluding carboxylic acids is 1. The van der Waals surface area contributed by atoms with Gasteiger partial charge in [0.1, 0.15) is 0 Å². The van der Waals surface area contributed by atoms with Gasteiger partial charge in [-0.05, 0) is 52.7 Å². The van der Waals surface area contributed by atoms with E-state index in [9.17, 15) is 4.79 Å². The third-order valence-electron chi connectivity index (χ3n) is 2.92. The van der Waals surface area contributed by atoms with E-state index in [0.717, 1.165) is 0 Å². The molecule has 2 rings (SSSR count). The van der Waals surface area contributed by atoms with Gasteiger partial charge in [-0.1, -0.05) is 18.2 Å². The average molecular weight is 405 g/mol. The Hall–Kier alpha value is -2.87. The van der Waals surface area contributed by atoms with Crippen molar-refractivity contribution in [2.75, 3.05) is 6.61 Å². The molecule has 4 N–H and O–H groups in total. The van der Waals surface area contributed by atoms with Gasteiger partial charge in [0.05, 0.1) is 22.9 Å². The zero-order chi connectivity index (χ0) is 18.2. The van der Waals surface area contributed by atoms with Crippen molar-refractivity contribution < 1.29 is 14.3 Å². The Morgan fingerprint density at radius 3 is 2.60 bits per heavy atom. The number of nitrogens with zero attached hydrogens (tertiary/aromatic N) is 2. The van der Waals surface area contributed by atoms with E-state index in [1.807, 2.05) is 13.0 Å². The molecule has 0 atom stereocenters. The number of nitrogens with two attached hydrogens (primary N) is 2. The number of ether oxygens (including phenoxy) is 2. The highest BCUT2D eigenvalue weighted by Crippen LogP contribution is 2.37. The van der Waals surface area contributed by atoms with Crippen LogP contribution in [0.25, 0.3) is 0 Å². The first-order chi connectivity index (χ1) is 12.0. The van der Waals surface area contributed by atoms with Crippen LogP contribution in [-0.4, -0.2) is 24.8 Å². The molecule has 0 saturated heterocycles. The minimum absolute atomic E-state index is 0.145. The number of halogens is 1. The third kappa shape index (κ3) is 5.32. The number of guanidine groups is 1. The highest BCUT2D eigenvalue weighted by Gasteiger charge is 2.17.